The minimum Gasteiger partial charge on any atom is -0.464 e. The lowest BCUT2D eigenvalue weighted by atomic mass is 10.4. The first kappa shape index (κ1) is 11.7. The number of hydrogen-bond acceptors (Lipinski definition) is 5. The Kier molecular flexibility index (Phi) is 4.81. The van der Waals surface area contributed by atoms with Crippen LogP contribution in [0, 0.1) is 11.8 Å². The molecule has 0 spiro atoms. The molecule has 0 fully saturated rings. The van der Waals surface area contributed by atoms with Crippen LogP contribution in [0.5, 0.6) is 0 Å². The highest BCUT2D eigenvalue weighted by molar-refractivity contribution is 7.10. The molecule has 0 saturated heterocycles. The van der Waals surface area contributed by atoms with Gasteiger partial charge in [0.05, 0.1) is 7.11 Å². The molecular weight excluding hydrogens is 212 g/mol. The first-order valence-corrected chi connectivity index (χ1v) is 5.33. The van der Waals surface area contributed by atoms with Crippen LogP contribution >= 0.6 is 11.3 Å². The van der Waals surface area contributed by atoms with Crippen LogP contribution < -0.4 is 5.32 Å². The van der Waals surface area contributed by atoms with E-state index in [2.05, 4.69) is 26.9 Å². The van der Waals surface area contributed by atoms with Crippen molar-refractivity contribution in [3.8, 4) is 11.8 Å². The Balaban J connectivity index is 2.59. The van der Waals surface area contributed by atoms with Crippen molar-refractivity contribution in [3.05, 3.63) is 16.1 Å². The predicted molar refractivity (Wildman–Crippen MR) is 58.9 cm³/mol. The second kappa shape index (κ2) is 6.17. The number of rotatable bonds is 3. The summed E-state index contributed by atoms with van der Waals surface area (Å²) in [5.41, 5.74) is 0.320. The molecule has 80 valence electrons. The third-order valence-electron chi connectivity index (χ3n) is 1.59. The molecule has 0 aliphatic carbocycles. The molecule has 0 aromatic carbocycles. The summed E-state index contributed by atoms with van der Waals surface area (Å²) in [5.74, 6) is 5.42. The van der Waals surface area contributed by atoms with Gasteiger partial charge in [-0.25, -0.2) is 9.78 Å². The molecule has 1 N–H and O–H groups in total. The van der Waals surface area contributed by atoms with Crippen molar-refractivity contribution in [1.29, 1.82) is 0 Å². The monoisotopic (exact) mass is 224 g/mol. The smallest absolute Gasteiger partial charge is 0.357 e. The average molecular weight is 224 g/mol. The zero-order valence-corrected chi connectivity index (χ0v) is 9.48. The fraction of sp³-hybridized carbons (Fsp3) is 0.400. The Morgan fingerprint density at radius 3 is 3.20 bits per heavy atom. The highest BCUT2D eigenvalue weighted by atomic mass is 32.1. The van der Waals surface area contributed by atoms with Crippen LogP contribution in [-0.4, -0.2) is 31.7 Å². The summed E-state index contributed by atoms with van der Waals surface area (Å²) < 4.78 is 4.54. The largest absolute Gasteiger partial charge is 0.464 e. The van der Waals surface area contributed by atoms with Crippen LogP contribution in [0.25, 0.3) is 0 Å². The number of aromatic nitrogens is 1. The van der Waals surface area contributed by atoms with Gasteiger partial charge in [0.2, 0.25) is 0 Å². The molecule has 1 aromatic rings. The Bertz CT molecular complexity index is 390. The summed E-state index contributed by atoms with van der Waals surface area (Å²) in [7, 11) is 3.21. The predicted octanol–water partition coefficient (Wildman–Crippen LogP) is 0.891. The molecule has 0 bridgehead atoms. The molecule has 0 saturated carbocycles. The highest BCUT2D eigenvalue weighted by Gasteiger charge is 2.08. The van der Waals surface area contributed by atoms with Crippen molar-refractivity contribution >= 4 is 17.3 Å². The normalized spacial score (nSPS) is 9.20. The molecule has 0 aliphatic heterocycles. The van der Waals surface area contributed by atoms with Gasteiger partial charge in [-0.2, -0.15) is 0 Å². The second-order valence-electron chi connectivity index (χ2n) is 2.68. The fourth-order valence-corrected chi connectivity index (χ4v) is 1.51. The first-order chi connectivity index (χ1) is 7.27. The van der Waals surface area contributed by atoms with Gasteiger partial charge in [-0.15, -0.1) is 11.3 Å². The summed E-state index contributed by atoms with van der Waals surface area (Å²) in [6.45, 7) is 0.849. The lowest BCUT2D eigenvalue weighted by Crippen LogP contribution is -2.05. The summed E-state index contributed by atoms with van der Waals surface area (Å²) >= 11 is 1.35. The Hall–Kier alpha value is -1.38. The van der Waals surface area contributed by atoms with Gasteiger partial charge >= 0.3 is 5.97 Å². The SMILES string of the molecule is CNCCC#Cc1nc(C(=O)OC)cs1. The van der Waals surface area contributed by atoms with Crippen LogP contribution in [0.1, 0.15) is 21.9 Å². The summed E-state index contributed by atoms with van der Waals surface area (Å²) in [6, 6.07) is 0. The van der Waals surface area contributed by atoms with E-state index in [4.69, 9.17) is 0 Å². The van der Waals surface area contributed by atoms with E-state index in [0.29, 0.717) is 10.7 Å². The number of ether oxygens (including phenoxy) is 1. The van der Waals surface area contributed by atoms with Gasteiger partial charge in [0.1, 0.15) is 0 Å². The molecule has 0 amide bonds. The molecular formula is C10H12N2O2S. The number of carbonyl (C=O) groups excluding carboxylic acids is 1. The van der Waals surface area contributed by atoms with Crippen LogP contribution in [0.3, 0.4) is 0 Å². The summed E-state index contributed by atoms with van der Waals surface area (Å²) in [6.07, 6.45) is 0.767. The highest BCUT2D eigenvalue weighted by Crippen LogP contribution is 2.08. The van der Waals surface area contributed by atoms with Crippen molar-refractivity contribution in [1.82, 2.24) is 10.3 Å². The molecule has 5 heteroatoms. The van der Waals surface area contributed by atoms with E-state index in [1.54, 1.807) is 5.38 Å². The first-order valence-electron chi connectivity index (χ1n) is 4.45. The molecule has 0 radical (unpaired) electrons. The standard InChI is InChI=1S/C10H12N2O2S/c1-11-6-4-3-5-9-12-8(7-15-9)10(13)14-2/h7,11H,4,6H2,1-2H3. The minimum atomic E-state index is -0.422. The van der Waals surface area contributed by atoms with E-state index in [1.807, 2.05) is 7.05 Å². The maximum Gasteiger partial charge on any atom is 0.357 e. The number of hydrogen-bond donors (Lipinski definition) is 1. The second-order valence-corrected chi connectivity index (χ2v) is 3.54. The number of methoxy groups -OCH3 is 1. The average Bonchev–Trinajstić information content (AvgIpc) is 2.72. The van der Waals surface area contributed by atoms with Crippen molar-refractivity contribution in [2.24, 2.45) is 0 Å². The number of thiazole rings is 1. The van der Waals surface area contributed by atoms with Crippen LogP contribution in [0.2, 0.25) is 0 Å². The molecule has 0 aliphatic rings. The fourth-order valence-electron chi connectivity index (χ4n) is 0.855. The van der Waals surface area contributed by atoms with E-state index in [1.165, 1.54) is 18.4 Å². The van der Waals surface area contributed by atoms with Gasteiger partial charge in [0.25, 0.3) is 0 Å². The zero-order valence-electron chi connectivity index (χ0n) is 8.66. The zero-order chi connectivity index (χ0) is 11.1. The molecule has 1 heterocycles. The number of nitrogens with one attached hydrogen (secondary N) is 1. The summed E-state index contributed by atoms with van der Waals surface area (Å²) in [5, 5.41) is 5.28. The third-order valence-corrected chi connectivity index (χ3v) is 2.35. The van der Waals surface area contributed by atoms with Crippen LogP contribution in [0.15, 0.2) is 5.38 Å². The van der Waals surface area contributed by atoms with Crippen LogP contribution in [0.4, 0.5) is 0 Å². The Morgan fingerprint density at radius 2 is 2.53 bits per heavy atom. The topological polar surface area (TPSA) is 51.2 Å². The summed E-state index contributed by atoms with van der Waals surface area (Å²) in [4.78, 5) is 15.1. The lowest BCUT2D eigenvalue weighted by molar-refractivity contribution is 0.0595. The maximum absolute atomic E-state index is 11.1. The molecule has 4 nitrogen and oxygen atoms in total. The van der Waals surface area contributed by atoms with Crippen molar-refractivity contribution in [2.45, 2.75) is 6.42 Å². The van der Waals surface area contributed by atoms with Crippen molar-refractivity contribution < 1.29 is 9.53 Å². The van der Waals surface area contributed by atoms with Gasteiger partial charge in [0, 0.05) is 18.3 Å². The molecule has 1 aromatic heterocycles. The lowest BCUT2D eigenvalue weighted by Gasteiger charge is -1.90. The van der Waals surface area contributed by atoms with Crippen molar-refractivity contribution in [2.75, 3.05) is 20.7 Å². The van der Waals surface area contributed by atoms with Gasteiger partial charge in [-0.05, 0) is 13.0 Å². The Morgan fingerprint density at radius 1 is 1.73 bits per heavy atom. The van der Waals surface area contributed by atoms with Crippen molar-refractivity contribution in [3.63, 3.8) is 0 Å². The third kappa shape index (κ3) is 3.70. The molecule has 0 atom stereocenters. The number of carbonyl (C=O) groups is 1. The quantitative estimate of drug-likeness (QED) is 0.470. The van der Waals surface area contributed by atoms with Gasteiger partial charge < -0.3 is 10.1 Å². The minimum absolute atomic E-state index is 0.320. The van der Waals surface area contributed by atoms with Gasteiger partial charge in [-0.1, -0.05) is 5.92 Å². The molecule has 1 rings (SSSR count). The van der Waals surface area contributed by atoms with E-state index < -0.39 is 5.97 Å². The van der Waals surface area contributed by atoms with E-state index in [9.17, 15) is 4.79 Å². The molecule has 0 unspecified atom stereocenters. The number of nitrogens with zero attached hydrogens (tertiary/aromatic N) is 1. The van der Waals surface area contributed by atoms with Gasteiger partial charge in [-0.3, -0.25) is 0 Å². The van der Waals surface area contributed by atoms with E-state index >= 15 is 0 Å². The number of esters is 1. The van der Waals surface area contributed by atoms with Crippen LogP contribution in [-0.2, 0) is 4.74 Å². The van der Waals surface area contributed by atoms with Gasteiger partial charge in [0.15, 0.2) is 10.7 Å². The maximum atomic E-state index is 11.1. The van der Waals surface area contributed by atoms with E-state index in [-0.39, 0.29) is 0 Å². The molecule has 15 heavy (non-hydrogen) atoms. The van der Waals surface area contributed by atoms with E-state index in [0.717, 1.165) is 13.0 Å². The Labute approximate surface area is 92.7 Å².